The number of nitrogens with one attached hydrogen (secondary N) is 1. The van der Waals surface area contributed by atoms with E-state index in [1.54, 1.807) is 9.36 Å². The van der Waals surface area contributed by atoms with Crippen molar-refractivity contribution in [2.75, 3.05) is 5.32 Å². The van der Waals surface area contributed by atoms with Crippen molar-refractivity contribution in [1.82, 2.24) is 19.6 Å². The fourth-order valence-electron chi connectivity index (χ4n) is 3.55. The third-order valence-corrected chi connectivity index (χ3v) is 5.89. The quantitative estimate of drug-likeness (QED) is 0.177. The lowest BCUT2D eigenvalue weighted by molar-refractivity contribution is -0.421. The number of non-ortho nitro benzene ring substituents is 1. The zero-order chi connectivity index (χ0) is 25.9. The van der Waals surface area contributed by atoms with Gasteiger partial charge in [-0.3, -0.25) is 29.6 Å². The van der Waals surface area contributed by atoms with Gasteiger partial charge in [-0.2, -0.15) is 10.2 Å². The summed E-state index contributed by atoms with van der Waals surface area (Å²) < 4.78 is 3.31. The molecule has 0 aliphatic carbocycles. The second kappa shape index (κ2) is 10.7. The van der Waals surface area contributed by atoms with E-state index in [0.29, 0.717) is 11.3 Å². The maximum Gasteiger partial charge on any atom is 0.293 e. The lowest BCUT2D eigenvalue weighted by Crippen LogP contribution is -2.18. The minimum Gasteiger partial charge on any atom is -0.345 e. The first-order chi connectivity index (χ1) is 16.5. The van der Waals surface area contributed by atoms with E-state index in [-0.39, 0.29) is 34.7 Å². The highest BCUT2D eigenvalue weighted by Gasteiger charge is 2.27. The summed E-state index contributed by atoms with van der Waals surface area (Å²) in [5.41, 5.74) is 3.42. The van der Waals surface area contributed by atoms with Crippen LogP contribution in [0.3, 0.4) is 0 Å². The maximum atomic E-state index is 12.2. The van der Waals surface area contributed by atoms with Crippen molar-refractivity contribution in [2.24, 2.45) is 0 Å². The van der Waals surface area contributed by atoms with E-state index in [2.05, 4.69) is 15.5 Å². The van der Waals surface area contributed by atoms with Gasteiger partial charge in [-0.15, -0.1) is 0 Å². The molecule has 2 heterocycles. The van der Waals surface area contributed by atoms with Crippen LogP contribution >= 0.6 is 23.2 Å². The Morgan fingerprint density at radius 2 is 1.40 bits per heavy atom. The van der Waals surface area contributed by atoms with Gasteiger partial charge in [0.15, 0.2) is 5.03 Å². The predicted molar refractivity (Wildman–Crippen MR) is 133 cm³/mol. The average Bonchev–Trinajstić information content (AvgIpc) is 3.26. The molecule has 3 rings (SSSR count). The van der Waals surface area contributed by atoms with Crippen LogP contribution in [0.4, 0.5) is 11.4 Å². The number of anilines is 1. The molecular formula is C22H23Cl2N7O4. The number of benzene rings is 1. The Hall–Kier alpha value is -3.70. The lowest BCUT2D eigenvalue weighted by atomic mass is 10.1. The van der Waals surface area contributed by atoms with Crippen LogP contribution in [0.15, 0.2) is 57.9 Å². The van der Waals surface area contributed by atoms with Crippen molar-refractivity contribution in [3.63, 3.8) is 0 Å². The summed E-state index contributed by atoms with van der Waals surface area (Å²) in [5, 5.41) is 34.2. The molecule has 1 N–H and O–H groups in total. The van der Waals surface area contributed by atoms with Gasteiger partial charge in [0.2, 0.25) is 0 Å². The van der Waals surface area contributed by atoms with Crippen molar-refractivity contribution in [1.29, 1.82) is 0 Å². The summed E-state index contributed by atoms with van der Waals surface area (Å²) in [5.74, 6) is 0. The van der Waals surface area contributed by atoms with Crippen molar-refractivity contribution in [3.8, 4) is 0 Å². The van der Waals surface area contributed by atoms with Crippen molar-refractivity contribution >= 4 is 34.6 Å². The molecule has 0 saturated carbocycles. The van der Waals surface area contributed by atoms with Gasteiger partial charge in [0.05, 0.1) is 39.9 Å². The molecule has 184 valence electrons. The zero-order valence-electron chi connectivity index (χ0n) is 19.5. The number of hydrogen-bond acceptors (Lipinski definition) is 7. The first-order valence-corrected chi connectivity index (χ1v) is 11.2. The van der Waals surface area contributed by atoms with E-state index in [9.17, 15) is 20.2 Å². The molecule has 13 heteroatoms. The fourth-order valence-corrected chi connectivity index (χ4v) is 4.00. The molecule has 0 fully saturated rings. The Morgan fingerprint density at radius 1 is 0.914 bits per heavy atom. The molecule has 0 aliphatic rings. The van der Waals surface area contributed by atoms with E-state index in [0.717, 1.165) is 22.8 Å². The van der Waals surface area contributed by atoms with Gasteiger partial charge in [-0.25, -0.2) is 0 Å². The number of aryl methyl sites for hydroxylation is 4. The number of aromatic nitrogens is 4. The Kier molecular flexibility index (Phi) is 7.92. The number of allylic oxidation sites excluding steroid dienone is 2. The summed E-state index contributed by atoms with van der Waals surface area (Å²) in [6.07, 6.45) is 0. The molecule has 0 unspecified atom stereocenters. The van der Waals surface area contributed by atoms with Gasteiger partial charge < -0.3 is 5.32 Å². The SMILES string of the molecule is Cc1cc(C)n(CC(Cn2nc(C)cc2C)=C(/C(Cl)=C(/Cl)Nc2ccc([N+](=O)[O-])cc2)[N+](=O)[O-])n1. The third kappa shape index (κ3) is 6.25. The van der Waals surface area contributed by atoms with Gasteiger partial charge in [0.25, 0.3) is 11.4 Å². The first-order valence-electron chi connectivity index (χ1n) is 10.4. The van der Waals surface area contributed by atoms with Gasteiger partial charge >= 0.3 is 0 Å². The molecule has 0 bridgehead atoms. The smallest absolute Gasteiger partial charge is 0.293 e. The number of halogens is 2. The van der Waals surface area contributed by atoms with Crippen molar-refractivity contribution in [3.05, 3.63) is 101 Å². The fraction of sp³-hybridized carbons (Fsp3) is 0.273. The second-order valence-corrected chi connectivity index (χ2v) is 8.69. The Bertz CT molecular complexity index is 1290. The summed E-state index contributed by atoms with van der Waals surface area (Å²) in [6.45, 7) is 7.56. The van der Waals surface area contributed by atoms with Crippen LogP contribution in [-0.2, 0) is 13.1 Å². The number of nitro groups is 2. The number of hydrogen-bond donors (Lipinski definition) is 1. The summed E-state index contributed by atoms with van der Waals surface area (Å²) in [6, 6.07) is 9.14. The highest BCUT2D eigenvalue weighted by atomic mass is 35.5. The van der Waals surface area contributed by atoms with Crippen LogP contribution in [0, 0.1) is 47.9 Å². The van der Waals surface area contributed by atoms with Gasteiger partial charge in [0.1, 0.15) is 5.16 Å². The van der Waals surface area contributed by atoms with E-state index >= 15 is 0 Å². The standard InChI is InChI=1S/C22H23Cl2N7O4/c1-13-9-15(3)28(26-13)11-17(12-29-16(4)10-14(2)27-29)21(31(34)35)20(23)22(24)25-18-5-7-19(8-6-18)30(32)33/h5-10,25H,11-12H2,1-4H3/b22-20+. The minimum absolute atomic E-state index is 0.0895. The van der Waals surface area contributed by atoms with Crippen LogP contribution in [0.2, 0.25) is 0 Å². The van der Waals surface area contributed by atoms with Crippen LogP contribution in [0.5, 0.6) is 0 Å². The average molecular weight is 520 g/mol. The molecule has 0 aliphatic heterocycles. The van der Waals surface area contributed by atoms with Crippen LogP contribution in [0.1, 0.15) is 22.8 Å². The zero-order valence-corrected chi connectivity index (χ0v) is 21.0. The third-order valence-electron chi connectivity index (χ3n) is 5.14. The molecule has 0 atom stereocenters. The number of nitrogens with zero attached hydrogens (tertiary/aromatic N) is 6. The molecule has 35 heavy (non-hydrogen) atoms. The highest BCUT2D eigenvalue weighted by molar-refractivity contribution is 6.41. The van der Waals surface area contributed by atoms with Gasteiger partial charge in [0, 0.05) is 29.2 Å². The molecule has 2 aromatic heterocycles. The highest BCUT2D eigenvalue weighted by Crippen LogP contribution is 2.29. The topological polar surface area (TPSA) is 134 Å². The van der Waals surface area contributed by atoms with Crippen molar-refractivity contribution < 1.29 is 9.85 Å². The Morgan fingerprint density at radius 3 is 1.77 bits per heavy atom. The lowest BCUT2D eigenvalue weighted by Gasteiger charge is -2.13. The van der Waals surface area contributed by atoms with E-state index in [4.69, 9.17) is 23.2 Å². The van der Waals surface area contributed by atoms with E-state index in [1.807, 2.05) is 39.8 Å². The number of rotatable bonds is 9. The van der Waals surface area contributed by atoms with E-state index in [1.165, 1.54) is 24.3 Å². The summed E-state index contributed by atoms with van der Waals surface area (Å²) in [4.78, 5) is 22.0. The summed E-state index contributed by atoms with van der Waals surface area (Å²) in [7, 11) is 0. The maximum absolute atomic E-state index is 12.2. The molecule has 3 aromatic rings. The van der Waals surface area contributed by atoms with Crippen LogP contribution in [-0.4, -0.2) is 29.4 Å². The van der Waals surface area contributed by atoms with Gasteiger partial charge in [-0.05, 0) is 52.0 Å². The van der Waals surface area contributed by atoms with E-state index < -0.39 is 9.85 Å². The second-order valence-electron chi connectivity index (χ2n) is 7.94. The number of nitro benzene ring substituents is 1. The molecule has 0 saturated heterocycles. The largest absolute Gasteiger partial charge is 0.345 e. The molecule has 0 amide bonds. The molecule has 0 radical (unpaired) electrons. The Balaban J connectivity index is 2.08. The van der Waals surface area contributed by atoms with Crippen LogP contribution < -0.4 is 5.32 Å². The van der Waals surface area contributed by atoms with Crippen molar-refractivity contribution in [2.45, 2.75) is 40.8 Å². The Labute approximate surface area is 210 Å². The monoisotopic (exact) mass is 519 g/mol. The predicted octanol–water partition coefficient (Wildman–Crippen LogP) is 5.21. The molecule has 0 spiro atoms. The first kappa shape index (κ1) is 25.9. The molecular weight excluding hydrogens is 497 g/mol. The van der Waals surface area contributed by atoms with Gasteiger partial charge in [-0.1, -0.05) is 23.2 Å². The van der Waals surface area contributed by atoms with Crippen LogP contribution in [0.25, 0.3) is 0 Å². The normalized spacial score (nSPS) is 11.7. The summed E-state index contributed by atoms with van der Waals surface area (Å²) >= 11 is 12.8. The molecule has 1 aromatic carbocycles. The molecule has 11 nitrogen and oxygen atoms in total. The minimum atomic E-state index is -0.588.